The number of hydrogen-bond donors (Lipinski definition) is 1. The standard InChI is InChI=1S/C23H26N2O/c1-2-11-22(12-8-21(24-17-22)19-6-4-3-5-7-19)13-14-23(26)18-25-15-9-20(23)10-16-25/h2-8,17,20,26H,1,9-12,15-16,18H2. The summed E-state index contributed by atoms with van der Waals surface area (Å²) in [5.74, 6) is 6.99. The lowest BCUT2D eigenvalue weighted by atomic mass is 9.74. The van der Waals surface area contributed by atoms with E-state index < -0.39 is 5.60 Å². The topological polar surface area (TPSA) is 35.8 Å². The van der Waals surface area contributed by atoms with Crippen molar-refractivity contribution < 1.29 is 5.11 Å². The van der Waals surface area contributed by atoms with Crippen molar-refractivity contribution in [1.29, 1.82) is 0 Å². The second kappa shape index (κ2) is 6.87. The van der Waals surface area contributed by atoms with Crippen molar-refractivity contribution in [1.82, 2.24) is 4.90 Å². The highest BCUT2D eigenvalue weighted by Crippen LogP contribution is 2.37. The zero-order valence-electron chi connectivity index (χ0n) is 15.2. The van der Waals surface area contributed by atoms with Crippen molar-refractivity contribution >= 4 is 11.9 Å². The molecule has 3 saturated heterocycles. The van der Waals surface area contributed by atoms with Gasteiger partial charge in [0.1, 0.15) is 5.60 Å². The molecular formula is C23H26N2O. The maximum atomic E-state index is 11.1. The highest BCUT2D eigenvalue weighted by molar-refractivity contribution is 5.82. The Bertz CT molecular complexity index is 792. The van der Waals surface area contributed by atoms with Crippen LogP contribution in [-0.4, -0.2) is 41.5 Å². The lowest BCUT2D eigenvalue weighted by molar-refractivity contribution is -0.0714. The van der Waals surface area contributed by atoms with Crippen LogP contribution in [0.5, 0.6) is 0 Å². The van der Waals surface area contributed by atoms with Crippen molar-refractivity contribution in [2.75, 3.05) is 19.6 Å². The molecule has 2 atom stereocenters. The van der Waals surface area contributed by atoms with E-state index in [1.54, 1.807) is 0 Å². The Kier molecular flexibility index (Phi) is 4.56. The SMILES string of the molecule is C=CCC1(C#CC2(O)CN3CCC2CC3)C=NC(c2ccccc2)=CC1. The number of nitrogens with zero attached hydrogens (tertiary/aromatic N) is 2. The number of fused-ring (bicyclic) bond motifs is 3. The predicted molar refractivity (Wildman–Crippen MR) is 107 cm³/mol. The summed E-state index contributed by atoms with van der Waals surface area (Å²) < 4.78 is 0. The molecule has 134 valence electrons. The second-order valence-corrected chi connectivity index (χ2v) is 7.79. The molecule has 0 aliphatic carbocycles. The quantitative estimate of drug-likeness (QED) is 0.671. The molecule has 4 heterocycles. The molecule has 0 radical (unpaired) electrons. The largest absolute Gasteiger partial charge is 0.376 e. The van der Waals surface area contributed by atoms with Crippen molar-refractivity contribution in [2.45, 2.75) is 31.3 Å². The minimum atomic E-state index is -0.873. The van der Waals surface area contributed by atoms with Crippen LogP contribution in [-0.2, 0) is 0 Å². The number of aliphatic hydroxyl groups is 1. The van der Waals surface area contributed by atoms with Gasteiger partial charge in [-0.2, -0.15) is 0 Å². The third-order valence-electron chi connectivity index (χ3n) is 5.94. The first-order valence-corrected chi connectivity index (χ1v) is 9.53. The number of piperidine rings is 3. The molecule has 0 amide bonds. The molecule has 3 fully saturated rings. The van der Waals surface area contributed by atoms with E-state index >= 15 is 0 Å². The van der Waals surface area contributed by atoms with Crippen molar-refractivity contribution in [2.24, 2.45) is 16.3 Å². The fraction of sp³-hybridized carbons (Fsp3) is 0.435. The molecule has 26 heavy (non-hydrogen) atoms. The Balaban J connectivity index is 1.57. The van der Waals surface area contributed by atoms with E-state index in [-0.39, 0.29) is 5.41 Å². The van der Waals surface area contributed by atoms with E-state index in [4.69, 9.17) is 4.99 Å². The van der Waals surface area contributed by atoms with Crippen LogP contribution < -0.4 is 0 Å². The molecule has 1 aromatic rings. The maximum Gasteiger partial charge on any atom is 0.140 e. The van der Waals surface area contributed by atoms with E-state index in [9.17, 15) is 5.11 Å². The Morgan fingerprint density at radius 1 is 1.23 bits per heavy atom. The summed E-state index contributed by atoms with van der Waals surface area (Å²) in [6.45, 7) is 6.77. The average molecular weight is 346 g/mol. The first-order valence-electron chi connectivity index (χ1n) is 9.53. The Labute approximate surface area is 156 Å². The Hall–Kier alpha value is -2.15. The van der Waals surface area contributed by atoms with Crippen LogP contribution in [0, 0.1) is 23.2 Å². The average Bonchev–Trinajstić information content (AvgIpc) is 2.69. The van der Waals surface area contributed by atoms with Gasteiger partial charge in [0.25, 0.3) is 0 Å². The number of hydrogen-bond acceptors (Lipinski definition) is 3. The highest BCUT2D eigenvalue weighted by atomic mass is 16.3. The molecule has 2 bridgehead atoms. The van der Waals surface area contributed by atoms with Gasteiger partial charge in [0.05, 0.1) is 11.1 Å². The zero-order chi connectivity index (χ0) is 18.0. The first kappa shape index (κ1) is 17.3. The molecule has 0 saturated carbocycles. The number of allylic oxidation sites excluding steroid dienone is 2. The van der Waals surface area contributed by atoms with Gasteiger partial charge in [-0.25, -0.2) is 0 Å². The fourth-order valence-corrected chi connectivity index (χ4v) is 4.32. The summed E-state index contributed by atoms with van der Waals surface area (Å²) >= 11 is 0. The van der Waals surface area contributed by atoms with Crippen LogP contribution in [0.4, 0.5) is 0 Å². The first-order chi connectivity index (χ1) is 12.6. The van der Waals surface area contributed by atoms with Crippen LogP contribution in [0.2, 0.25) is 0 Å². The molecule has 3 nitrogen and oxygen atoms in total. The highest BCUT2D eigenvalue weighted by Gasteiger charge is 2.44. The van der Waals surface area contributed by atoms with Gasteiger partial charge in [-0.05, 0) is 44.3 Å². The van der Waals surface area contributed by atoms with Gasteiger partial charge < -0.3 is 5.11 Å². The normalized spacial score (nSPS) is 35.3. The molecule has 1 aromatic carbocycles. The number of rotatable bonds is 3. The summed E-state index contributed by atoms with van der Waals surface area (Å²) in [5.41, 5.74) is 0.887. The van der Waals surface area contributed by atoms with Gasteiger partial charge in [0.2, 0.25) is 0 Å². The van der Waals surface area contributed by atoms with E-state index in [0.717, 1.165) is 50.0 Å². The molecular weight excluding hydrogens is 320 g/mol. The van der Waals surface area contributed by atoms with E-state index in [1.165, 1.54) is 0 Å². The third kappa shape index (κ3) is 3.28. The summed E-state index contributed by atoms with van der Waals surface area (Å²) in [5, 5.41) is 11.1. The molecule has 0 aromatic heterocycles. The van der Waals surface area contributed by atoms with Crippen molar-refractivity contribution in [3.8, 4) is 11.8 Å². The van der Waals surface area contributed by atoms with E-state index in [0.29, 0.717) is 12.5 Å². The van der Waals surface area contributed by atoms with Crippen molar-refractivity contribution in [3.63, 3.8) is 0 Å². The molecule has 3 heteroatoms. The number of benzene rings is 1. The summed E-state index contributed by atoms with van der Waals surface area (Å²) in [7, 11) is 0. The van der Waals surface area contributed by atoms with Crippen LogP contribution in [0.25, 0.3) is 5.70 Å². The van der Waals surface area contributed by atoms with Gasteiger partial charge in [-0.15, -0.1) is 6.58 Å². The fourth-order valence-electron chi connectivity index (χ4n) is 4.32. The van der Waals surface area contributed by atoms with Crippen LogP contribution in [0.1, 0.15) is 31.2 Å². The van der Waals surface area contributed by atoms with Crippen molar-refractivity contribution in [3.05, 3.63) is 54.6 Å². The predicted octanol–water partition coefficient (Wildman–Crippen LogP) is 3.52. The minimum Gasteiger partial charge on any atom is -0.376 e. The monoisotopic (exact) mass is 346 g/mol. The van der Waals surface area contributed by atoms with Gasteiger partial charge in [0, 0.05) is 18.7 Å². The van der Waals surface area contributed by atoms with E-state index in [2.05, 4.69) is 41.5 Å². The third-order valence-corrected chi connectivity index (χ3v) is 5.94. The Morgan fingerprint density at radius 3 is 2.58 bits per heavy atom. The lowest BCUT2D eigenvalue weighted by Gasteiger charge is -2.48. The lowest BCUT2D eigenvalue weighted by Crippen LogP contribution is -2.58. The van der Waals surface area contributed by atoms with Gasteiger partial charge in [-0.1, -0.05) is 54.3 Å². The van der Waals surface area contributed by atoms with Crippen LogP contribution in [0.3, 0.4) is 0 Å². The van der Waals surface area contributed by atoms with Gasteiger partial charge in [0.15, 0.2) is 0 Å². The maximum absolute atomic E-state index is 11.1. The van der Waals surface area contributed by atoms with Crippen LogP contribution >= 0.6 is 0 Å². The van der Waals surface area contributed by atoms with E-state index in [1.807, 2.05) is 30.5 Å². The molecule has 4 aliphatic rings. The second-order valence-electron chi connectivity index (χ2n) is 7.79. The molecule has 5 rings (SSSR count). The minimum absolute atomic E-state index is 0.303. The summed E-state index contributed by atoms with van der Waals surface area (Å²) in [4.78, 5) is 7.03. The van der Waals surface area contributed by atoms with Gasteiger partial charge in [-0.3, -0.25) is 9.89 Å². The molecule has 2 unspecified atom stereocenters. The Morgan fingerprint density at radius 2 is 2.00 bits per heavy atom. The summed E-state index contributed by atoms with van der Waals surface area (Å²) in [6, 6.07) is 10.2. The molecule has 1 N–H and O–H groups in total. The molecule has 0 spiro atoms. The van der Waals surface area contributed by atoms with Gasteiger partial charge >= 0.3 is 0 Å². The van der Waals surface area contributed by atoms with Crippen LogP contribution in [0.15, 0.2) is 54.1 Å². The molecule has 4 aliphatic heterocycles. The summed E-state index contributed by atoms with van der Waals surface area (Å²) in [6.07, 6.45) is 9.67. The smallest absolute Gasteiger partial charge is 0.140 e. The zero-order valence-corrected chi connectivity index (χ0v) is 15.2. The number of aliphatic imine (C=N–C) groups is 1.